The molecule has 1 aromatic carbocycles. The lowest BCUT2D eigenvalue weighted by Gasteiger charge is -2.28. The number of carbonyl (C=O) groups is 1. The molecular weight excluding hydrogens is 260 g/mol. The largest absolute Gasteiger partial charge is 0.337 e. The first kappa shape index (κ1) is 14.1. The van der Waals surface area contributed by atoms with E-state index in [1.54, 1.807) is 0 Å². The molecule has 3 heteroatoms. The molecule has 1 aliphatic heterocycles. The van der Waals surface area contributed by atoms with Crippen LogP contribution in [-0.4, -0.2) is 17.4 Å². The van der Waals surface area contributed by atoms with Crippen molar-refractivity contribution in [2.45, 2.75) is 38.6 Å². The van der Waals surface area contributed by atoms with Crippen molar-refractivity contribution >= 4 is 5.91 Å². The van der Waals surface area contributed by atoms with Crippen molar-refractivity contribution in [2.75, 3.05) is 6.54 Å². The summed E-state index contributed by atoms with van der Waals surface area (Å²) < 4.78 is 0. The van der Waals surface area contributed by atoms with Gasteiger partial charge in [0.1, 0.15) is 5.92 Å². The van der Waals surface area contributed by atoms with Crippen LogP contribution < -0.4 is 0 Å². The molecule has 21 heavy (non-hydrogen) atoms. The molecule has 0 bridgehead atoms. The van der Waals surface area contributed by atoms with Crippen LogP contribution >= 0.6 is 0 Å². The summed E-state index contributed by atoms with van der Waals surface area (Å²) in [7, 11) is 0. The lowest BCUT2D eigenvalue weighted by atomic mass is 9.76. The zero-order chi connectivity index (χ0) is 14.7. The average Bonchev–Trinajstić information content (AvgIpc) is 2.85. The van der Waals surface area contributed by atoms with E-state index >= 15 is 0 Å². The second-order valence-electron chi connectivity index (χ2n) is 6.37. The van der Waals surface area contributed by atoms with Crippen LogP contribution in [0.3, 0.4) is 0 Å². The van der Waals surface area contributed by atoms with E-state index in [2.05, 4.69) is 6.07 Å². The van der Waals surface area contributed by atoms with E-state index in [-0.39, 0.29) is 11.8 Å². The van der Waals surface area contributed by atoms with Gasteiger partial charge in [0.05, 0.1) is 6.07 Å². The number of likely N-dealkylation sites (tertiary alicyclic amines) is 1. The molecule has 1 aromatic rings. The molecular formula is C18H22N2O. The molecule has 3 nitrogen and oxygen atoms in total. The fourth-order valence-electron chi connectivity index (χ4n) is 3.91. The van der Waals surface area contributed by atoms with Gasteiger partial charge in [-0.05, 0) is 11.5 Å². The van der Waals surface area contributed by atoms with E-state index in [0.717, 1.165) is 12.1 Å². The van der Waals surface area contributed by atoms with Gasteiger partial charge in [0, 0.05) is 19.0 Å². The number of hydrogen-bond donors (Lipinski definition) is 0. The van der Waals surface area contributed by atoms with Gasteiger partial charge in [-0.15, -0.1) is 0 Å². The van der Waals surface area contributed by atoms with Crippen molar-refractivity contribution in [3.05, 3.63) is 35.9 Å². The number of hydrogen-bond acceptors (Lipinski definition) is 2. The van der Waals surface area contributed by atoms with E-state index in [9.17, 15) is 10.1 Å². The number of amides is 1. The Hall–Kier alpha value is -1.82. The third-order valence-electron chi connectivity index (χ3n) is 5.05. The standard InChI is InChI=1S/C18H22N2O/c19-11-16-17(15-9-5-2-6-10-15)13-20(18(16)21)12-14-7-3-1-4-8-14/h1,3-4,7-8,15-17H,2,5-6,9-10,12-13H2/t16-,17-/m0/s1. The molecule has 1 amide bonds. The molecule has 1 aliphatic carbocycles. The quantitative estimate of drug-likeness (QED) is 0.853. The van der Waals surface area contributed by atoms with Crippen LogP contribution in [0.4, 0.5) is 0 Å². The normalized spacial score (nSPS) is 26.8. The summed E-state index contributed by atoms with van der Waals surface area (Å²) in [5.41, 5.74) is 1.15. The van der Waals surface area contributed by atoms with Crippen molar-refractivity contribution < 1.29 is 4.79 Å². The van der Waals surface area contributed by atoms with Crippen molar-refractivity contribution in [3.63, 3.8) is 0 Å². The van der Waals surface area contributed by atoms with Gasteiger partial charge in [0.25, 0.3) is 0 Å². The van der Waals surface area contributed by atoms with E-state index in [1.807, 2.05) is 35.2 Å². The molecule has 0 unspecified atom stereocenters. The Morgan fingerprint density at radius 2 is 1.86 bits per heavy atom. The Labute approximate surface area is 126 Å². The molecule has 1 saturated carbocycles. The summed E-state index contributed by atoms with van der Waals surface area (Å²) in [6, 6.07) is 12.4. The molecule has 110 valence electrons. The first-order valence-corrected chi connectivity index (χ1v) is 8.02. The number of nitriles is 1. The predicted molar refractivity (Wildman–Crippen MR) is 81.0 cm³/mol. The second kappa shape index (κ2) is 6.30. The van der Waals surface area contributed by atoms with E-state index in [4.69, 9.17) is 0 Å². The Morgan fingerprint density at radius 3 is 2.52 bits per heavy atom. The van der Waals surface area contributed by atoms with Gasteiger partial charge in [0.15, 0.2) is 0 Å². The lowest BCUT2D eigenvalue weighted by molar-refractivity contribution is -0.130. The third-order valence-corrected chi connectivity index (χ3v) is 5.05. The fourth-order valence-corrected chi connectivity index (χ4v) is 3.91. The number of rotatable bonds is 3. The fraction of sp³-hybridized carbons (Fsp3) is 0.556. The average molecular weight is 282 g/mol. The Morgan fingerprint density at radius 1 is 1.14 bits per heavy atom. The second-order valence-corrected chi connectivity index (χ2v) is 6.37. The van der Waals surface area contributed by atoms with Crippen LogP contribution in [0.15, 0.2) is 30.3 Å². The first-order chi connectivity index (χ1) is 10.3. The van der Waals surface area contributed by atoms with Gasteiger partial charge < -0.3 is 4.90 Å². The highest BCUT2D eigenvalue weighted by atomic mass is 16.2. The highest BCUT2D eigenvalue weighted by Gasteiger charge is 2.44. The minimum atomic E-state index is -0.420. The molecule has 2 atom stereocenters. The predicted octanol–water partition coefficient (Wildman–Crippen LogP) is 3.37. The lowest BCUT2D eigenvalue weighted by Crippen LogP contribution is -2.26. The maximum Gasteiger partial charge on any atom is 0.240 e. The zero-order valence-electron chi connectivity index (χ0n) is 12.4. The molecule has 0 aromatic heterocycles. The van der Waals surface area contributed by atoms with Crippen LogP contribution in [-0.2, 0) is 11.3 Å². The van der Waals surface area contributed by atoms with Crippen molar-refractivity contribution in [2.24, 2.45) is 17.8 Å². The van der Waals surface area contributed by atoms with E-state index in [0.29, 0.717) is 12.5 Å². The smallest absolute Gasteiger partial charge is 0.240 e. The molecule has 2 fully saturated rings. The van der Waals surface area contributed by atoms with Crippen molar-refractivity contribution in [3.8, 4) is 6.07 Å². The van der Waals surface area contributed by atoms with Gasteiger partial charge in [-0.2, -0.15) is 5.26 Å². The topological polar surface area (TPSA) is 44.1 Å². The van der Waals surface area contributed by atoms with Crippen LogP contribution in [0.2, 0.25) is 0 Å². The summed E-state index contributed by atoms with van der Waals surface area (Å²) in [4.78, 5) is 14.4. The van der Waals surface area contributed by atoms with Crippen molar-refractivity contribution in [1.82, 2.24) is 4.90 Å². The Bertz CT molecular complexity index is 528. The van der Waals surface area contributed by atoms with Crippen LogP contribution in [0.1, 0.15) is 37.7 Å². The van der Waals surface area contributed by atoms with E-state index < -0.39 is 5.92 Å². The van der Waals surface area contributed by atoms with Crippen molar-refractivity contribution in [1.29, 1.82) is 5.26 Å². The summed E-state index contributed by atoms with van der Waals surface area (Å²) in [6.07, 6.45) is 6.20. The maximum atomic E-state index is 12.5. The monoisotopic (exact) mass is 282 g/mol. The summed E-state index contributed by atoms with van der Waals surface area (Å²) in [5.74, 6) is 0.424. The molecule has 1 heterocycles. The van der Waals surface area contributed by atoms with Gasteiger partial charge in [0.2, 0.25) is 5.91 Å². The Balaban J connectivity index is 1.72. The van der Waals surface area contributed by atoms with E-state index in [1.165, 1.54) is 32.1 Å². The molecule has 0 N–H and O–H groups in total. The molecule has 0 spiro atoms. The minimum Gasteiger partial charge on any atom is -0.337 e. The van der Waals surface area contributed by atoms with Gasteiger partial charge in [-0.25, -0.2) is 0 Å². The molecule has 1 saturated heterocycles. The summed E-state index contributed by atoms with van der Waals surface area (Å²) in [5, 5.41) is 9.42. The molecule has 2 aliphatic rings. The van der Waals surface area contributed by atoms with Crippen LogP contribution in [0, 0.1) is 29.1 Å². The number of benzene rings is 1. The SMILES string of the molecule is N#C[C@@H]1C(=O)N(Cc2ccccc2)C[C@H]1C1CCCCC1. The van der Waals surface area contributed by atoms with Gasteiger partial charge in [-0.1, -0.05) is 62.4 Å². The third kappa shape index (κ3) is 2.95. The van der Waals surface area contributed by atoms with Gasteiger partial charge >= 0.3 is 0 Å². The zero-order valence-corrected chi connectivity index (χ0v) is 12.4. The first-order valence-electron chi connectivity index (χ1n) is 8.02. The van der Waals surface area contributed by atoms with Crippen LogP contribution in [0.25, 0.3) is 0 Å². The number of nitrogens with zero attached hydrogens (tertiary/aromatic N) is 2. The highest BCUT2D eigenvalue weighted by Crippen LogP contribution is 2.39. The Kier molecular flexibility index (Phi) is 4.24. The number of carbonyl (C=O) groups excluding carboxylic acids is 1. The summed E-state index contributed by atoms with van der Waals surface area (Å²) >= 11 is 0. The van der Waals surface area contributed by atoms with Gasteiger partial charge in [-0.3, -0.25) is 4.79 Å². The maximum absolute atomic E-state index is 12.5. The van der Waals surface area contributed by atoms with Crippen LogP contribution in [0.5, 0.6) is 0 Å². The summed E-state index contributed by atoms with van der Waals surface area (Å²) in [6.45, 7) is 1.40. The highest BCUT2D eigenvalue weighted by molar-refractivity contribution is 5.83. The minimum absolute atomic E-state index is 0.0388. The molecule has 3 rings (SSSR count). The molecule has 0 radical (unpaired) electrons.